The molecule has 28 heavy (non-hydrogen) atoms. The molecular weight excluding hydrogens is 388 g/mol. The fourth-order valence-electron chi connectivity index (χ4n) is 2.40. The summed E-state index contributed by atoms with van der Waals surface area (Å²) in [5.41, 5.74) is 0.765. The van der Waals surface area contributed by atoms with Crippen LogP contribution < -0.4 is 18.9 Å². The maximum atomic E-state index is 12.4. The molecule has 1 heterocycles. The molecule has 9 nitrogen and oxygen atoms in total. The first-order valence-electron chi connectivity index (χ1n) is 7.96. The molecule has 0 aliphatic carbocycles. The summed E-state index contributed by atoms with van der Waals surface area (Å²) in [7, 11) is 4.38. The van der Waals surface area contributed by atoms with E-state index in [1.165, 1.54) is 46.1 Å². The van der Waals surface area contributed by atoms with Gasteiger partial charge in [0.1, 0.15) is 17.2 Å². The molecule has 0 spiro atoms. The molecule has 1 aromatic heterocycles. The minimum atomic E-state index is -1.46. The summed E-state index contributed by atoms with van der Waals surface area (Å²) >= 11 is 0. The lowest BCUT2D eigenvalue weighted by Gasteiger charge is -2.12. The normalized spacial score (nSPS) is 11.9. The van der Waals surface area contributed by atoms with Gasteiger partial charge in [-0.2, -0.15) is 0 Å². The highest BCUT2D eigenvalue weighted by atomic mass is 32.2. The van der Waals surface area contributed by atoms with Crippen LogP contribution in [0.3, 0.4) is 0 Å². The van der Waals surface area contributed by atoms with Crippen molar-refractivity contribution in [1.82, 2.24) is 4.98 Å². The monoisotopic (exact) mass is 408 g/mol. The van der Waals surface area contributed by atoms with Gasteiger partial charge in [0, 0.05) is 29.8 Å². The number of rotatable bonds is 9. The standard InChI is InChI=1S/C18H20N2O7S/c1-24-13-8-16(25-2)14(17(9-13)26-3)5-6-28(23)11-12-7-15(20(21)22)18(27-4)19-10-12/h5-10H,11H2,1-4H3. The lowest BCUT2D eigenvalue weighted by Crippen LogP contribution is -2.00. The Labute approximate surface area is 164 Å². The molecule has 0 amide bonds. The second-order valence-corrected chi connectivity index (χ2v) is 6.72. The van der Waals surface area contributed by atoms with Gasteiger partial charge in [0.25, 0.3) is 5.88 Å². The number of pyridine rings is 1. The van der Waals surface area contributed by atoms with Gasteiger partial charge >= 0.3 is 5.69 Å². The SMILES string of the molecule is COc1cc(OC)c(C=CS(=O)Cc2cnc(OC)c([N+](=O)[O-])c2)c(OC)c1. The first-order valence-corrected chi connectivity index (χ1v) is 9.34. The number of nitro groups is 1. The van der Waals surface area contributed by atoms with Crippen molar-refractivity contribution < 1.29 is 28.1 Å². The highest BCUT2D eigenvalue weighted by molar-refractivity contribution is 7.87. The van der Waals surface area contributed by atoms with E-state index in [9.17, 15) is 14.3 Å². The van der Waals surface area contributed by atoms with Gasteiger partial charge in [0.05, 0.1) is 55.5 Å². The van der Waals surface area contributed by atoms with Crippen molar-refractivity contribution in [1.29, 1.82) is 0 Å². The second-order valence-electron chi connectivity index (χ2n) is 5.40. The maximum absolute atomic E-state index is 12.4. The van der Waals surface area contributed by atoms with E-state index in [4.69, 9.17) is 18.9 Å². The van der Waals surface area contributed by atoms with Gasteiger partial charge in [-0.25, -0.2) is 4.98 Å². The summed E-state index contributed by atoms with van der Waals surface area (Å²) in [5.74, 6) is 1.50. The van der Waals surface area contributed by atoms with Crippen LogP contribution >= 0.6 is 0 Å². The quantitative estimate of drug-likeness (QED) is 0.460. The van der Waals surface area contributed by atoms with E-state index in [2.05, 4.69) is 4.98 Å². The van der Waals surface area contributed by atoms with Gasteiger partial charge in [-0.1, -0.05) is 0 Å². The van der Waals surface area contributed by atoms with Gasteiger partial charge in [0.15, 0.2) is 0 Å². The average molecular weight is 408 g/mol. The van der Waals surface area contributed by atoms with E-state index in [-0.39, 0.29) is 17.3 Å². The molecule has 1 unspecified atom stereocenters. The molecule has 2 aromatic rings. The third kappa shape index (κ3) is 4.97. The van der Waals surface area contributed by atoms with Crippen molar-refractivity contribution in [3.05, 3.63) is 51.0 Å². The summed E-state index contributed by atoms with van der Waals surface area (Å²) in [6.45, 7) is 0. The molecule has 1 atom stereocenters. The van der Waals surface area contributed by atoms with Gasteiger partial charge in [-0.15, -0.1) is 0 Å². The lowest BCUT2D eigenvalue weighted by atomic mass is 10.1. The van der Waals surface area contributed by atoms with Crippen LogP contribution in [-0.4, -0.2) is 42.6 Å². The lowest BCUT2D eigenvalue weighted by molar-refractivity contribution is -0.386. The third-order valence-electron chi connectivity index (χ3n) is 3.73. The molecule has 0 saturated carbocycles. The fraction of sp³-hybridized carbons (Fsp3) is 0.278. The van der Waals surface area contributed by atoms with Crippen LogP contribution in [0, 0.1) is 10.1 Å². The maximum Gasteiger partial charge on any atom is 0.331 e. The molecule has 0 aliphatic heterocycles. The topological polar surface area (TPSA) is 110 Å². The van der Waals surface area contributed by atoms with E-state index < -0.39 is 15.7 Å². The van der Waals surface area contributed by atoms with Crippen LogP contribution in [0.4, 0.5) is 5.69 Å². The van der Waals surface area contributed by atoms with Crippen LogP contribution in [0.25, 0.3) is 6.08 Å². The minimum absolute atomic E-state index is 0.0507. The highest BCUT2D eigenvalue weighted by Gasteiger charge is 2.17. The fourth-order valence-corrected chi connectivity index (χ4v) is 3.27. The average Bonchev–Trinajstić information content (AvgIpc) is 2.71. The Morgan fingerprint density at radius 1 is 1.07 bits per heavy atom. The van der Waals surface area contributed by atoms with Crippen LogP contribution in [0.5, 0.6) is 23.1 Å². The van der Waals surface area contributed by atoms with Gasteiger partial charge in [0.2, 0.25) is 0 Å². The van der Waals surface area contributed by atoms with E-state index in [0.29, 0.717) is 28.4 Å². The molecule has 10 heteroatoms. The first kappa shape index (κ1) is 21.2. The Bertz CT molecular complexity index is 890. The molecule has 0 radical (unpaired) electrons. The van der Waals surface area contributed by atoms with E-state index in [1.807, 2.05) is 0 Å². The largest absolute Gasteiger partial charge is 0.496 e. The number of benzene rings is 1. The number of ether oxygens (including phenoxy) is 4. The predicted octanol–water partition coefficient (Wildman–Crippen LogP) is 2.94. The van der Waals surface area contributed by atoms with Crippen molar-refractivity contribution in [3.8, 4) is 23.1 Å². The Kier molecular flexibility index (Phi) is 7.33. The molecule has 2 rings (SSSR count). The summed E-state index contributed by atoms with van der Waals surface area (Å²) in [5, 5.41) is 12.5. The zero-order valence-corrected chi connectivity index (χ0v) is 16.6. The van der Waals surface area contributed by atoms with Crippen molar-refractivity contribution >= 4 is 22.6 Å². The Morgan fingerprint density at radius 2 is 1.71 bits per heavy atom. The molecule has 1 aromatic carbocycles. The first-order chi connectivity index (χ1) is 13.4. The number of hydrogen-bond acceptors (Lipinski definition) is 8. The molecule has 0 fully saturated rings. The Hall–Kier alpha value is -3.14. The summed E-state index contributed by atoms with van der Waals surface area (Å²) in [6.07, 6.45) is 3.00. The number of hydrogen-bond donors (Lipinski definition) is 0. The number of methoxy groups -OCH3 is 4. The van der Waals surface area contributed by atoms with Crippen molar-refractivity contribution in [2.24, 2.45) is 0 Å². The molecule has 0 saturated heterocycles. The van der Waals surface area contributed by atoms with Crippen LogP contribution in [0.2, 0.25) is 0 Å². The highest BCUT2D eigenvalue weighted by Crippen LogP contribution is 2.35. The van der Waals surface area contributed by atoms with Gasteiger partial charge < -0.3 is 18.9 Å². The van der Waals surface area contributed by atoms with E-state index in [0.717, 1.165) is 0 Å². The zero-order valence-electron chi connectivity index (χ0n) is 15.8. The second kappa shape index (κ2) is 9.70. The Balaban J connectivity index is 2.25. The zero-order chi connectivity index (χ0) is 20.7. The minimum Gasteiger partial charge on any atom is -0.496 e. The molecule has 0 aliphatic rings. The molecule has 0 N–H and O–H groups in total. The smallest absolute Gasteiger partial charge is 0.331 e. The van der Waals surface area contributed by atoms with E-state index in [1.54, 1.807) is 18.2 Å². The van der Waals surface area contributed by atoms with Crippen molar-refractivity contribution in [3.63, 3.8) is 0 Å². The summed E-state index contributed by atoms with van der Waals surface area (Å²) in [6, 6.07) is 4.66. The van der Waals surface area contributed by atoms with Crippen molar-refractivity contribution in [2.75, 3.05) is 28.4 Å². The summed E-state index contributed by atoms with van der Waals surface area (Å²) < 4.78 is 33.2. The van der Waals surface area contributed by atoms with Crippen LogP contribution in [0.1, 0.15) is 11.1 Å². The van der Waals surface area contributed by atoms with Crippen molar-refractivity contribution in [2.45, 2.75) is 5.75 Å². The van der Waals surface area contributed by atoms with E-state index >= 15 is 0 Å². The Morgan fingerprint density at radius 3 is 2.21 bits per heavy atom. The van der Waals surface area contributed by atoms with Crippen LogP contribution in [-0.2, 0) is 16.6 Å². The summed E-state index contributed by atoms with van der Waals surface area (Å²) in [4.78, 5) is 14.4. The third-order valence-corrected chi connectivity index (χ3v) is 4.78. The molecule has 0 bridgehead atoms. The predicted molar refractivity (Wildman–Crippen MR) is 104 cm³/mol. The number of aromatic nitrogens is 1. The van der Waals surface area contributed by atoms with Crippen LogP contribution in [0.15, 0.2) is 29.8 Å². The van der Waals surface area contributed by atoms with Gasteiger partial charge in [-0.05, 0) is 11.6 Å². The number of nitrogens with zero attached hydrogens (tertiary/aromatic N) is 2. The molecule has 150 valence electrons. The van der Waals surface area contributed by atoms with Gasteiger partial charge in [-0.3, -0.25) is 14.3 Å². The molecular formula is C18H20N2O7S.